The summed E-state index contributed by atoms with van der Waals surface area (Å²) in [4.78, 5) is 0.0378. The van der Waals surface area contributed by atoms with Crippen molar-refractivity contribution in [2.24, 2.45) is 0 Å². The molecule has 0 fully saturated rings. The van der Waals surface area contributed by atoms with Crippen molar-refractivity contribution in [1.82, 2.24) is 0 Å². The van der Waals surface area contributed by atoms with Gasteiger partial charge in [-0.15, -0.1) is 0 Å². The maximum Gasteiger partial charge on any atom is 0.264 e. The van der Waals surface area contributed by atoms with Crippen LogP contribution < -0.4 is 10.0 Å². The lowest BCUT2D eigenvalue weighted by Crippen LogP contribution is -2.26. The summed E-state index contributed by atoms with van der Waals surface area (Å²) in [5.74, 6) is -0.137. The minimum atomic E-state index is -3.70. The van der Waals surface area contributed by atoms with Gasteiger partial charge in [0.1, 0.15) is 5.75 Å². The first kappa shape index (κ1) is 14.2. The van der Waals surface area contributed by atoms with Gasteiger partial charge in [-0.05, 0) is 37.3 Å². The largest absolute Gasteiger partial charge is 0.506 e. The molecule has 0 unspecified atom stereocenters. The van der Waals surface area contributed by atoms with E-state index >= 15 is 0 Å². The number of hydrogen-bond donors (Lipinski definition) is 2. The number of nitrogen functional groups attached to an aromatic ring is 1. The quantitative estimate of drug-likeness (QED) is 0.670. The summed E-state index contributed by atoms with van der Waals surface area (Å²) in [6, 6.07) is 11.0. The van der Waals surface area contributed by atoms with Crippen molar-refractivity contribution < 1.29 is 13.5 Å². The summed E-state index contributed by atoms with van der Waals surface area (Å²) in [7, 11) is -2.23. The normalized spacial score (nSPS) is 11.3. The molecule has 0 aliphatic rings. The van der Waals surface area contributed by atoms with E-state index in [9.17, 15) is 13.5 Å². The van der Waals surface area contributed by atoms with Gasteiger partial charge in [0.2, 0.25) is 0 Å². The molecule has 6 heteroatoms. The third-order valence-corrected chi connectivity index (χ3v) is 4.84. The molecule has 106 valence electrons. The molecule has 5 nitrogen and oxygen atoms in total. The van der Waals surface area contributed by atoms with Crippen molar-refractivity contribution in [2.75, 3.05) is 17.1 Å². The summed E-state index contributed by atoms with van der Waals surface area (Å²) >= 11 is 0. The van der Waals surface area contributed by atoms with Crippen molar-refractivity contribution >= 4 is 21.4 Å². The Morgan fingerprint density at radius 1 is 1.10 bits per heavy atom. The molecular weight excluding hydrogens is 276 g/mol. The van der Waals surface area contributed by atoms with E-state index in [1.165, 1.54) is 29.6 Å². The van der Waals surface area contributed by atoms with Crippen LogP contribution in [-0.2, 0) is 10.0 Å². The summed E-state index contributed by atoms with van der Waals surface area (Å²) in [6.45, 7) is 1.93. The van der Waals surface area contributed by atoms with Crippen LogP contribution in [0.1, 0.15) is 5.56 Å². The van der Waals surface area contributed by atoms with Crippen molar-refractivity contribution in [3.05, 3.63) is 48.0 Å². The Labute approximate surface area is 118 Å². The molecule has 0 aromatic heterocycles. The molecule has 0 atom stereocenters. The second-order valence-corrected chi connectivity index (χ2v) is 6.50. The fraction of sp³-hybridized carbons (Fsp3) is 0.143. The molecule has 0 radical (unpaired) electrons. The SMILES string of the molecule is Cc1ccc(N(C)S(=O)(=O)c2ccc(O)c(N)c2)cc1. The standard InChI is InChI=1S/C14H16N2O3S/c1-10-3-5-11(6-4-10)16(2)20(18,19)12-7-8-14(17)13(15)9-12/h3-9,17H,15H2,1-2H3. The molecular formula is C14H16N2O3S. The highest BCUT2D eigenvalue weighted by Crippen LogP contribution is 2.27. The first-order chi connectivity index (χ1) is 9.32. The van der Waals surface area contributed by atoms with Gasteiger partial charge in [0, 0.05) is 7.05 Å². The molecule has 2 aromatic carbocycles. The van der Waals surface area contributed by atoms with Crippen LogP contribution in [0.2, 0.25) is 0 Å². The van der Waals surface area contributed by atoms with Crippen molar-refractivity contribution in [3.8, 4) is 5.75 Å². The number of rotatable bonds is 3. The molecule has 0 bridgehead atoms. The van der Waals surface area contributed by atoms with Crippen molar-refractivity contribution in [3.63, 3.8) is 0 Å². The lowest BCUT2D eigenvalue weighted by atomic mass is 10.2. The smallest absolute Gasteiger partial charge is 0.264 e. The Balaban J connectivity index is 2.43. The molecule has 0 saturated carbocycles. The molecule has 3 N–H and O–H groups in total. The van der Waals surface area contributed by atoms with Gasteiger partial charge in [0.05, 0.1) is 16.3 Å². The minimum Gasteiger partial charge on any atom is -0.506 e. The number of anilines is 2. The van der Waals surface area contributed by atoms with Crippen LogP contribution >= 0.6 is 0 Å². The zero-order valence-corrected chi connectivity index (χ0v) is 12.1. The Bertz CT molecular complexity index is 725. The van der Waals surface area contributed by atoms with E-state index in [2.05, 4.69) is 0 Å². The molecule has 2 aromatic rings. The molecule has 0 spiro atoms. The third kappa shape index (κ3) is 2.55. The fourth-order valence-corrected chi connectivity index (χ4v) is 2.98. The Morgan fingerprint density at radius 2 is 1.70 bits per heavy atom. The third-order valence-electron chi connectivity index (χ3n) is 3.05. The number of hydrogen-bond acceptors (Lipinski definition) is 4. The summed E-state index contributed by atoms with van der Waals surface area (Å²) < 4.78 is 26.1. The Kier molecular flexibility index (Phi) is 3.59. The van der Waals surface area contributed by atoms with Gasteiger partial charge in [-0.2, -0.15) is 0 Å². The van der Waals surface area contributed by atoms with E-state index in [0.29, 0.717) is 5.69 Å². The van der Waals surface area contributed by atoms with E-state index < -0.39 is 10.0 Å². The first-order valence-electron chi connectivity index (χ1n) is 5.96. The lowest BCUT2D eigenvalue weighted by Gasteiger charge is -2.20. The highest BCUT2D eigenvalue weighted by Gasteiger charge is 2.21. The number of sulfonamides is 1. The predicted octanol–water partition coefficient (Wildman–Crippen LogP) is 2.11. The fourth-order valence-electron chi connectivity index (χ4n) is 1.74. The Hall–Kier alpha value is -2.21. The summed E-state index contributed by atoms with van der Waals surface area (Å²) in [5.41, 5.74) is 7.18. The zero-order chi connectivity index (χ0) is 14.9. The molecule has 2 rings (SSSR count). The van der Waals surface area contributed by atoms with E-state index in [-0.39, 0.29) is 16.3 Å². The first-order valence-corrected chi connectivity index (χ1v) is 7.40. The van der Waals surface area contributed by atoms with Gasteiger partial charge >= 0.3 is 0 Å². The number of aryl methyl sites for hydroxylation is 1. The maximum atomic E-state index is 12.5. The summed E-state index contributed by atoms with van der Waals surface area (Å²) in [6.07, 6.45) is 0. The van der Waals surface area contributed by atoms with Crippen LogP contribution in [0.4, 0.5) is 11.4 Å². The second kappa shape index (κ2) is 5.05. The number of aromatic hydroxyl groups is 1. The van der Waals surface area contributed by atoms with E-state index in [1.807, 2.05) is 19.1 Å². The second-order valence-electron chi connectivity index (χ2n) is 4.53. The molecule has 0 aliphatic heterocycles. The van der Waals surface area contributed by atoms with Gasteiger partial charge in [-0.3, -0.25) is 4.31 Å². The van der Waals surface area contributed by atoms with Crippen LogP contribution in [0.15, 0.2) is 47.4 Å². The topological polar surface area (TPSA) is 83.6 Å². The van der Waals surface area contributed by atoms with Crippen LogP contribution in [0, 0.1) is 6.92 Å². The maximum absolute atomic E-state index is 12.5. The van der Waals surface area contributed by atoms with Gasteiger partial charge < -0.3 is 10.8 Å². The van der Waals surface area contributed by atoms with Gasteiger partial charge in [0.25, 0.3) is 10.0 Å². The zero-order valence-electron chi connectivity index (χ0n) is 11.2. The Morgan fingerprint density at radius 3 is 2.25 bits per heavy atom. The molecule has 0 aliphatic carbocycles. The molecule has 20 heavy (non-hydrogen) atoms. The molecule has 0 saturated heterocycles. The number of phenols is 1. The minimum absolute atomic E-state index is 0.0309. The van der Waals surface area contributed by atoms with Crippen molar-refractivity contribution in [2.45, 2.75) is 11.8 Å². The summed E-state index contributed by atoms with van der Waals surface area (Å²) in [5, 5.41) is 9.36. The van der Waals surface area contributed by atoms with Crippen LogP contribution in [-0.4, -0.2) is 20.6 Å². The number of phenolic OH excluding ortho intramolecular Hbond substituents is 1. The molecule has 0 amide bonds. The molecule has 0 heterocycles. The predicted molar refractivity (Wildman–Crippen MR) is 79.3 cm³/mol. The lowest BCUT2D eigenvalue weighted by molar-refractivity contribution is 0.477. The highest BCUT2D eigenvalue weighted by molar-refractivity contribution is 7.92. The average molecular weight is 292 g/mol. The van der Waals surface area contributed by atoms with E-state index in [4.69, 9.17) is 5.73 Å². The van der Waals surface area contributed by atoms with Gasteiger partial charge in [-0.25, -0.2) is 8.42 Å². The number of benzene rings is 2. The van der Waals surface area contributed by atoms with Gasteiger partial charge in [-0.1, -0.05) is 17.7 Å². The highest BCUT2D eigenvalue weighted by atomic mass is 32.2. The van der Waals surface area contributed by atoms with E-state index in [0.717, 1.165) is 5.56 Å². The van der Waals surface area contributed by atoms with Crippen molar-refractivity contribution in [1.29, 1.82) is 0 Å². The van der Waals surface area contributed by atoms with E-state index in [1.54, 1.807) is 12.1 Å². The van der Waals surface area contributed by atoms with Crippen LogP contribution in [0.5, 0.6) is 5.75 Å². The van der Waals surface area contributed by atoms with Crippen LogP contribution in [0.3, 0.4) is 0 Å². The average Bonchev–Trinajstić information content (AvgIpc) is 2.41. The van der Waals surface area contributed by atoms with Gasteiger partial charge in [0.15, 0.2) is 0 Å². The monoisotopic (exact) mass is 292 g/mol. The number of nitrogens with two attached hydrogens (primary N) is 1. The number of nitrogens with zero attached hydrogens (tertiary/aromatic N) is 1. The van der Waals surface area contributed by atoms with Crippen LogP contribution in [0.25, 0.3) is 0 Å².